The SMILES string of the molecule is Cc1cccc(S(=O)(=O)N[C@@H](C)c2cccc(-c3ccncc3C)c2)c1. The van der Waals surface area contributed by atoms with Gasteiger partial charge >= 0.3 is 0 Å². The van der Waals surface area contributed by atoms with Gasteiger partial charge in [-0.25, -0.2) is 13.1 Å². The number of aromatic nitrogens is 1. The summed E-state index contributed by atoms with van der Waals surface area (Å²) in [6.07, 6.45) is 3.59. The molecule has 0 saturated carbocycles. The molecule has 0 saturated heterocycles. The average molecular weight is 366 g/mol. The van der Waals surface area contributed by atoms with E-state index in [-0.39, 0.29) is 10.9 Å². The van der Waals surface area contributed by atoms with Crippen molar-refractivity contribution in [3.8, 4) is 11.1 Å². The highest BCUT2D eigenvalue weighted by Crippen LogP contribution is 2.26. The molecule has 26 heavy (non-hydrogen) atoms. The van der Waals surface area contributed by atoms with E-state index < -0.39 is 10.0 Å². The van der Waals surface area contributed by atoms with Crippen molar-refractivity contribution in [2.45, 2.75) is 31.7 Å². The van der Waals surface area contributed by atoms with Crippen LogP contribution in [0.1, 0.15) is 29.7 Å². The van der Waals surface area contributed by atoms with Crippen molar-refractivity contribution in [2.75, 3.05) is 0 Å². The molecule has 0 radical (unpaired) electrons. The number of nitrogens with one attached hydrogen (secondary N) is 1. The van der Waals surface area contributed by atoms with E-state index in [4.69, 9.17) is 0 Å². The first-order valence-electron chi connectivity index (χ1n) is 8.47. The van der Waals surface area contributed by atoms with Gasteiger partial charge in [0.2, 0.25) is 10.0 Å². The molecule has 1 N–H and O–H groups in total. The molecule has 5 heteroatoms. The van der Waals surface area contributed by atoms with Gasteiger partial charge in [-0.2, -0.15) is 0 Å². The lowest BCUT2D eigenvalue weighted by molar-refractivity contribution is 0.567. The summed E-state index contributed by atoms with van der Waals surface area (Å²) in [6.45, 7) is 5.74. The quantitative estimate of drug-likeness (QED) is 0.728. The fourth-order valence-corrected chi connectivity index (χ4v) is 4.26. The van der Waals surface area contributed by atoms with Crippen LogP contribution in [0.2, 0.25) is 0 Å². The second-order valence-electron chi connectivity index (χ2n) is 6.48. The Labute approximate surface area is 155 Å². The maximum Gasteiger partial charge on any atom is 0.241 e. The van der Waals surface area contributed by atoms with Gasteiger partial charge < -0.3 is 0 Å². The molecule has 1 heterocycles. The molecule has 3 aromatic rings. The second kappa shape index (κ2) is 7.40. The van der Waals surface area contributed by atoms with Crippen LogP contribution in [-0.4, -0.2) is 13.4 Å². The normalized spacial score (nSPS) is 12.7. The van der Waals surface area contributed by atoms with Crippen LogP contribution in [-0.2, 0) is 10.0 Å². The summed E-state index contributed by atoms with van der Waals surface area (Å²) in [7, 11) is -3.58. The Morgan fingerprint density at radius 3 is 2.50 bits per heavy atom. The first kappa shape index (κ1) is 18.3. The van der Waals surface area contributed by atoms with Crippen molar-refractivity contribution in [1.82, 2.24) is 9.71 Å². The number of aryl methyl sites for hydroxylation is 2. The van der Waals surface area contributed by atoms with Crippen molar-refractivity contribution in [3.05, 3.63) is 83.7 Å². The molecule has 1 atom stereocenters. The zero-order valence-electron chi connectivity index (χ0n) is 15.1. The first-order valence-corrected chi connectivity index (χ1v) is 9.95. The molecule has 2 aromatic carbocycles. The Hall–Kier alpha value is -2.50. The van der Waals surface area contributed by atoms with E-state index >= 15 is 0 Å². The predicted molar refractivity (Wildman–Crippen MR) is 104 cm³/mol. The number of hydrogen-bond acceptors (Lipinski definition) is 3. The molecular weight excluding hydrogens is 344 g/mol. The van der Waals surface area contributed by atoms with Crippen molar-refractivity contribution in [1.29, 1.82) is 0 Å². The molecule has 3 rings (SSSR count). The van der Waals surface area contributed by atoms with Crippen LogP contribution < -0.4 is 4.72 Å². The largest absolute Gasteiger partial charge is 0.264 e. The third-order valence-electron chi connectivity index (χ3n) is 4.35. The highest BCUT2D eigenvalue weighted by Gasteiger charge is 2.18. The predicted octanol–water partition coefficient (Wildman–Crippen LogP) is 4.40. The molecule has 134 valence electrons. The number of sulfonamides is 1. The molecule has 0 spiro atoms. The van der Waals surface area contributed by atoms with E-state index in [1.807, 2.05) is 63.4 Å². The summed E-state index contributed by atoms with van der Waals surface area (Å²) >= 11 is 0. The highest BCUT2D eigenvalue weighted by molar-refractivity contribution is 7.89. The standard InChI is InChI=1S/C21H22N2O2S/c1-15-6-4-9-20(12-15)26(24,25)23-17(3)18-7-5-8-19(13-18)21-10-11-22-14-16(21)2/h4-14,17,23H,1-3H3/t17-/m0/s1. The number of nitrogens with zero attached hydrogens (tertiary/aromatic N) is 1. The van der Waals surface area contributed by atoms with Crippen LogP contribution in [0.15, 0.2) is 71.9 Å². The molecule has 0 amide bonds. The maximum absolute atomic E-state index is 12.7. The number of hydrogen-bond donors (Lipinski definition) is 1. The zero-order valence-corrected chi connectivity index (χ0v) is 15.9. The summed E-state index contributed by atoms with van der Waals surface area (Å²) in [5.74, 6) is 0. The van der Waals surface area contributed by atoms with Gasteiger partial charge in [0.05, 0.1) is 4.90 Å². The molecule has 0 fully saturated rings. The second-order valence-corrected chi connectivity index (χ2v) is 8.19. The number of rotatable bonds is 5. The Morgan fingerprint density at radius 2 is 1.77 bits per heavy atom. The lowest BCUT2D eigenvalue weighted by Gasteiger charge is -2.16. The Kier molecular flexibility index (Phi) is 5.20. The third kappa shape index (κ3) is 4.00. The minimum Gasteiger partial charge on any atom is -0.264 e. The molecular formula is C21H22N2O2S. The van der Waals surface area contributed by atoms with E-state index in [1.165, 1.54) is 0 Å². The fraction of sp³-hybridized carbons (Fsp3) is 0.190. The molecule has 0 aliphatic carbocycles. The summed E-state index contributed by atoms with van der Waals surface area (Å²) in [4.78, 5) is 4.41. The topological polar surface area (TPSA) is 59.1 Å². The van der Waals surface area contributed by atoms with Crippen LogP contribution >= 0.6 is 0 Å². The number of benzene rings is 2. The maximum atomic E-state index is 12.7. The minimum absolute atomic E-state index is 0.283. The molecule has 1 aromatic heterocycles. The van der Waals surface area contributed by atoms with Crippen LogP contribution in [0.5, 0.6) is 0 Å². The Balaban J connectivity index is 1.88. The smallest absolute Gasteiger partial charge is 0.241 e. The van der Waals surface area contributed by atoms with Crippen molar-refractivity contribution >= 4 is 10.0 Å². The van der Waals surface area contributed by atoms with Crippen molar-refractivity contribution < 1.29 is 8.42 Å². The lowest BCUT2D eigenvalue weighted by Crippen LogP contribution is -2.27. The van der Waals surface area contributed by atoms with Gasteiger partial charge in [-0.3, -0.25) is 4.98 Å². The highest BCUT2D eigenvalue weighted by atomic mass is 32.2. The monoisotopic (exact) mass is 366 g/mol. The third-order valence-corrected chi connectivity index (χ3v) is 5.89. The van der Waals surface area contributed by atoms with Gasteiger partial charge in [0.25, 0.3) is 0 Å². The van der Waals surface area contributed by atoms with Gasteiger partial charge in [-0.15, -0.1) is 0 Å². The Morgan fingerprint density at radius 1 is 1.00 bits per heavy atom. The van der Waals surface area contributed by atoms with Crippen LogP contribution in [0.25, 0.3) is 11.1 Å². The van der Waals surface area contributed by atoms with E-state index in [2.05, 4.69) is 9.71 Å². The lowest BCUT2D eigenvalue weighted by atomic mass is 9.99. The van der Waals surface area contributed by atoms with E-state index in [9.17, 15) is 8.42 Å². The van der Waals surface area contributed by atoms with Gasteiger partial charge in [0.15, 0.2) is 0 Å². The molecule has 0 aliphatic heterocycles. The van der Waals surface area contributed by atoms with Crippen LogP contribution in [0.3, 0.4) is 0 Å². The van der Waals surface area contributed by atoms with Gasteiger partial charge in [0.1, 0.15) is 0 Å². The zero-order chi connectivity index (χ0) is 18.7. The van der Waals surface area contributed by atoms with E-state index in [0.29, 0.717) is 0 Å². The van der Waals surface area contributed by atoms with Gasteiger partial charge in [-0.05, 0) is 72.9 Å². The average Bonchev–Trinajstić information content (AvgIpc) is 2.62. The molecule has 0 aliphatic rings. The summed E-state index contributed by atoms with van der Waals surface area (Å²) in [5, 5.41) is 0. The van der Waals surface area contributed by atoms with Crippen molar-refractivity contribution in [2.24, 2.45) is 0 Å². The van der Waals surface area contributed by atoms with Crippen LogP contribution in [0, 0.1) is 13.8 Å². The molecule has 4 nitrogen and oxygen atoms in total. The van der Waals surface area contributed by atoms with Gasteiger partial charge in [-0.1, -0.05) is 30.3 Å². The number of pyridine rings is 1. The summed E-state index contributed by atoms with van der Waals surface area (Å²) < 4.78 is 28.1. The van der Waals surface area contributed by atoms with Crippen molar-refractivity contribution in [3.63, 3.8) is 0 Å². The van der Waals surface area contributed by atoms with E-state index in [0.717, 1.165) is 27.8 Å². The molecule has 0 unspecified atom stereocenters. The fourth-order valence-electron chi connectivity index (χ4n) is 2.92. The van der Waals surface area contributed by atoms with Gasteiger partial charge in [0, 0.05) is 18.4 Å². The Bertz CT molecular complexity index is 1030. The summed E-state index contributed by atoms with van der Waals surface area (Å²) in [5.41, 5.74) is 5.04. The molecule has 0 bridgehead atoms. The summed E-state index contributed by atoms with van der Waals surface area (Å²) in [6, 6.07) is 16.5. The minimum atomic E-state index is -3.58. The van der Waals surface area contributed by atoms with E-state index in [1.54, 1.807) is 24.4 Å². The van der Waals surface area contributed by atoms with Crippen LogP contribution in [0.4, 0.5) is 0 Å². The first-order chi connectivity index (χ1) is 12.4.